The summed E-state index contributed by atoms with van der Waals surface area (Å²) in [5.41, 5.74) is 2.70. The molecular formula is C17H23F3N4S. The SMILES string of the molecule is CCCCC(CC)C1(SC(F)(F)F)C(c2ccncn2)=CC=NC1N. The van der Waals surface area contributed by atoms with Crippen molar-refractivity contribution in [1.82, 2.24) is 9.97 Å². The Morgan fingerprint density at radius 3 is 2.68 bits per heavy atom. The lowest BCUT2D eigenvalue weighted by atomic mass is 9.76. The van der Waals surface area contributed by atoms with Crippen LogP contribution in [0.15, 0.2) is 29.7 Å². The first-order valence-corrected chi connectivity index (χ1v) is 9.19. The van der Waals surface area contributed by atoms with Gasteiger partial charge in [0.1, 0.15) is 12.5 Å². The standard InChI is InChI=1S/C17H23F3N4S/c1-3-5-6-12(4-2)16(25-17(18,19)20)13(7-10-23-15(16)21)14-8-9-22-11-24-14/h7-12,15H,3-6,21H2,1-2H3. The summed E-state index contributed by atoms with van der Waals surface area (Å²) in [6.45, 7) is 3.93. The lowest BCUT2D eigenvalue weighted by molar-refractivity contribution is -0.0347. The number of hydrogen-bond acceptors (Lipinski definition) is 5. The maximum absolute atomic E-state index is 13.6. The molecule has 138 valence electrons. The van der Waals surface area contributed by atoms with Gasteiger partial charge in [0.05, 0.1) is 10.4 Å². The number of rotatable bonds is 7. The molecule has 0 radical (unpaired) electrons. The van der Waals surface area contributed by atoms with Crippen LogP contribution >= 0.6 is 11.8 Å². The van der Waals surface area contributed by atoms with E-state index in [1.807, 2.05) is 13.8 Å². The zero-order valence-corrected chi connectivity index (χ0v) is 15.1. The van der Waals surface area contributed by atoms with Gasteiger partial charge in [-0.2, -0.15) is 13.2 Å². The quantitative estimate of drug-likeness (QED) is 0.769. The summed E-state index contributed by atoms with van der Waals surface area (Å²) in [5, 5.41) is 0. The number of halogens is 3. The number of hydrogen-bond donors (Lipinski definition) is 1. The topological polar surface area (TPSA) is 64.2 Å². The van der Waals surface area contributed by atoms with E-state index >= 15 is 0 Å². The summed E-state index contributed by atoms with van der Waals surface area (Å²) in [6, 6.07) is 1.62. The van der Waals surface area contributed by atoms with Gasteiger partial charge in [0.15, 0.2) is 0 Å². The van der Waals surface area contributed by atoms with Crippen molar-refractivity contribution in [2.45, 2.75) is 56.0 Å². The van der Waals surface area contributed by atoms with E-state index in [1.54, 1.807) is 12.1 Å². The predicted molar refractivity (Wildman–Crippen MR) is 96.2 cm³/mol. The van der Waals surface area contributed by atoms with E-state index in [1.165, 1.54) is 18.7 Å². The number of dihydropyridines is 1. The summed E-state index contributed by atoms with van der Waals surface area (Å²) >= 11 is -0.0481. The molecule has 3 atom stereocenters. The molecule has 2 N–H and O–H groups in total. The molecule has 25 heavy (non-hydrogen) atoms. The lowest BCUT2D eigenvalue weighted by Crippen LogP contribution is -2.53. The molecule has 1 aromatic rings. The highest BCUT2D eigenvalue weighted by Crippen LogP contribution is 2.55. The van der Waals surface area contributed by atoms with Crippen molar-refractivity contribution in [3.63, 3.8) is 0 Å². The second-order valence-corrected chi connectivity index (χ2v) is 7.35. The highest BCUT2D eigenvalue weighted by Gasteiger charge is 2.55. The molecule has 1 aromatic heterocycles. The van der Waals surface area contributed by atoms with Crippen LogP contribution < -0.4 is 5.73 Å². The van der Waals surface area contributed by atoms with Gasteiger partial charge in [-0.1, -0.05) is 33.1 Å². The average Bonchev–Trinajstić information content (AvgIpc) is 2.57. The van der Waals surface area contributed by atoms with Crippen LogP contribution in [0.4, 0.5) is 13.2 Å². The van der Waals surface area contributed by atoms with E-state index in [0.29, 0.717) is 24.1 Å². The molecule has 1 aliphatic heterocycles. The molecule has 8 heteroatoms. The number of allylic oxidation sites excluding steroid dienone is 1. The molecular weight excluding hydrogens is 349 g/mol. The molecule has 0 aromatic carbocycles. The highest BCUT2D eigenvalue weighted by atomic mass is 32.2. The van der Waals surface area contributed by atoms with Crippen molar-refractivity contribution >= 4 is 23.5 Å². The van der Waals surface area contributed by atoms with Crippen molar-refractivity contribution in [3.05, 3.63) is 30.4 Å². The average molecular weight is 372 g/mol. The van der Waals surface area contributed by atoms with E-state index in [-0.39, 0.29) is 17.7 Å². The third-order valence-electron chi connectivity index (χ3n) is 4.50. The first-order valence-electron chi connectivity index (χ1n) is 8.38. The van der Waals surface area contributed by atoms with Crippen molar-refractivity contribution in [1.29, 1.82) is 0 Å². The van der Waals surface area contributed by atoms with Crippen LogP contribution in [0.2, 0.25) is 0 Å². The van der Waals surface area contributed by atoms with Gasteiger partial charge in [-0.25, -0.2) is 9.97 Å². The first kappa shape index (κ1) is 19.9. The fraction of sp³-hybridized carbons (Fsp3) is 0.588. The number of unbranched alkanes of at least 4 members (excludes halogenated alkanes) is 1. The highest BCUT2D eigenvalue weighted by molar-refractivity contribution is 8.02. The second-order valence-electron chi connectivity index (χ2n) is 6.01. The van der Waals surface area contributed by atoms with Crippen LogP contribution in [0.3, 0.4) is 0 Å². The molecule has 0 saturated carbocycles. The van der Waals surface area contributed by atoms with Gasteiger partial charge in [-0.3, -0.25) is 4.99 Å². The Labute approximate surface area is 150 Å². The maximum atomic E-state index is 13.6. The molecule has 0 aliphatic carbocycles. The Balaban J connectivity index is 2.59. The monoisotopic (exact) mass is 372 g/mol. The van der Waals surface area contributed by atoms with Crippen molar-refractivity contribution < 1.29 is 13.2 Å². The van der Waals surface area contributed by atoms with E-state index in [2.05, 4.69) is 15.0 Å². The Bertz CT molecular complexity index is 618. The molecule has 0 bridgehead atoms. The maximum Gasteiger partial charge on any atom is 0.442 e. The van der Waals surface area contributed by atoms with E-state index in [4.69, 9.17) is 5.73 Å². The zero-order chi connectivity index (χ0) is 18.5. The van der Waals surface area contributed by atoms with Crippen LogP contribution in [-0.4, -0.2) is 32.6 Å². The predicted octanol–water partition coefficient (Wildman–Crippen LogP) is 4.44. The molecule has 3 unspecified atom stereocenters. The van der Waals surface area contributed by atoms with Gasteiger partial charge < -0.3 is 5.73 Å². The first-order chi connectivity index (χ1) is 11.8. The van der Waals surface area contributed by atoms with Crippen LogP contribution in [0.5, 0.6) is 0 Å². The minimum absolute atomic E-state index is 0.0481. The Morgan fingerprint density at radius 2 is 2.12 bits per heavy atom. The summed E-state index contributed by atoms with van der Waals surface area (Å²) in [4.78, 5) is 12.2. The largest absolute Gasteiger partial charge is 0.442 e. The number of thioether (sulfide) groups is 1. The molecule has 0 saturated heterocycles. The van der Waals surface area contributed by atoms with Crippen molar-refractivity contribution in [3.8, 4) is 0 Å². The fourth-order valence-corrected chi connectivity index (χ4v) is 4.67. The summed E-state index contributed by atoms with van der Waals surface area (Å²) in [7, 11) is 0. The normalized spacial score (nSPS) is 24.9. The van der Waals surface area contributed by atoms with Crippen molar-refractivity contribution in [2.24, 2.45) is 16.6 Å². The number of aromatic nitrogens is 2. The summed E-state index contributed by atoms with van der Waals surface area (Å²) in [5.74, 6) is -0.271. The molecule has 2 rings (SSSR count). The Kier molecular flexibility index (Phi) is 6.62. The van der Waals surface area contributed by atoms with Crippen molar-refractivity contribution in [2.75, 3.05) is 0 Å². The Morgan fingerprint density at radius 1 is 1.36 bits per heavy atom. The van der Waals surface area contributed by atoms with Gasteiger partial charge in [0.2, 0.25) is 0 Å². The zero-order valence-electron chi connectivity index (χ0n) is 14.3. The van der Waals surface area contributed by atoms with Gasteiger partial charge >= 0.3 is 5.51 Å². The minimum Gasteiger partial charge on any atom is -0.308 e. The third kappa shape index (κ3) is 4.41. The van der Waals surface area contributed by atoms with Crippen LogP contribution in [-0.2, 0) is 0 Å². The number of alkyl halides is 3. The fourth-order valence-electron chi connectivity index (χ4n) is 3.37. The van der Waals surface area contributed by atoms with Crippen LogP contribution in [0, 0.1) is 5.92 Å². The summed E-state index contributed by atoms with van der Waals surface area (Å²) < 4.78 is 39.3. The van der Waals surface area contributed by atoms with Crippen LogP contribution in [0.1, 0.15) is 45.2 Å². The molecule has 0 fully saturated rings. The second kappa shape index (κ2) is 8.31. The van der Waals surface area contributed by atoms with Gasteiger partial charge in [-0.15, -0.1) is 0 Å². The van der Waals surface area contributed by atoms with E-state index in [0.717, 1.165) is 12.8 Å². The number of aliphatic imine (C=N–C) groups is 1. The smallest absolute Gasteiger partial charge is 0.308 e. The van der Waals surface area contributed by atoms with Crippen LogP contribution in [0.25, 0.3) is 5.57 Å². The molecule has 0 spiro atoms. The van der Waals surface area contributed by atoms with E-state index < -0.39 is 16.4 Å². The number of nitrogens with zero attached hydrogens (tertiary/aromatic N) is 3. The lowest BCUT2D eigenvalue weighted by Gasteiger charge is -2.45. The molecule has 0 amide bonds. The molecule has 2 heterocycles. The third-order valence-corrected chi connectivity index (χ3v) is 5.86. The van der Waals surface area contributed by atoms with Gasteiger partial charge in [-0.05, 0) is 41.8 Å². The number of nitrogens with two attached hydrogens (primary N) is 1. The summed E-state index contributed by atoms with van der Waals surface area (Å²) in [6.07, 6.45) is 7.94. The van der Waals surface area contributed by atoms with Gasteiger partial charge in [0, 0.05) is 12.4 Å². The molecule has 4 nitrogen and oxygen atoms in total. The minimum atomic E-state index is -4.43. The van der Waals surface area contributed by atoms with Gasteiger partial charge in [0.25, 0.3) is 0 Å². The Hall–Kier alpha value is -1.41. The molecule has 1 aliphatic rings. The van der Waals surface area contributed by atoms with E-state index in [9.17, 15) is 13.2 Å².